The lowest BCUT2D eigenvalue weighted by atomic mass is 10.2. The van der Waals surface area contributed by atoms with Crippen LogP contribution in [0.5, 0.6) is 5.75 Å². The first-order valence-electron chi connectivity index (χ1n) is 6.87. The highest BCUT2D eigenvalue weighted by Gasteiger charge is 2.16. The van der Waals surface area contributed by atoms with Gasteiger partial charge in [-0.2, -0.15) is 5.10 Å². The van der Waals surface area contributed by atoms with Crippen LogP contribution in [-0.4, -0.2) is 14.9 Å². The summed E-state index contributed by atoms with van der Waals surface area (Å²) < 4.78 is 8.73. The maximum atomic E-state index is 9.37. The first-order valence-corrected chi connectivity index (χ1v) is 8.04. The van der Waals surface area contributed by atoms with E-state index in [0.29, 0.717) is 22.9 Å². The third kappa shape index (κ3) is 3.42. The second kappa shape index (κ2) is 7.29. The molecule has 1 heterocycles. The normalized spacial score (nSPS) is 10.9. The van der Waals surface area contributed by atoms with E-state index in [9.17, 15) is 5.11 Å². The van der Waals surface area contributed by atoms with Crippen molar-refractivity contribution < 1.29 is 9.84 Å². The molecule has 0 saturated heterocycles. The molecule has 0 aliphatic heterocycles. The maximum Gasteiger partial charge on any atom is 0.143 e. The van der Waals surface area contributed by atoms with Gasteiger partial charge in [0.1, 0.15) is 12.4 Å². The van der Waals surface area contributed by atoms with Crippen LogP contribution in [0.25, 0.3) is 0 Å². The molecule has 0 atom stereocenters. The van der Waals surface area contributed by atoms with Crippen LogP contribution in [0.15, 0.2) is 22.7 Å². The van der Waals surface area contributed by atoms with Crippen LogP contribution >= 0.6 is 27.5 Å². The highest BCUT2D eigenvalue weighted by atomic mass is 79.9. The van der Waals surface area contributed by atoms with E-state index in [0.717, 1.165) is 28.8 Å². The Hall–Kier alpha value is -1.04. The highest BCUT2D eigenvalue weighted by Crippen LogP contribution is 2.31. The Labute approximate surface area is 137 Å². The molecule has 2 rings (SSSR count). The summed E-state index contributed by atoms with van der Waals surface area (Å²) in [6.45, 7) is 5.11. The van der Waals surface area contributed by atoms with Crippen molar-refractivity contribution in [1.29, 1.82) is 0 Å². The summed E-state index contributed by atoms with van der Waals surface area (Å²) in [5.41, 5.74) is 2.66. The predicted octanol–water partition coefficient (Wildman–Crippen LogP) is 3.95. The Kier molecular flexibility index (Phi) is 5.67. The van der Waals surface area contributed by atoms with Gasteiger partial charge in [0.2, 0.25) is 0 Å². The fourth-order valence-electron chi connectivity index (χ4n) is 2.14. The lowest BCUT2D eigenvalue weighted by Gasteiger charge is -2.13. The third-order valence-corrected chi connectivity index (χ3v) is 4.48. The molecule has 0 saturated carbocycles. The Morgan fingerprint density at radius 1 is 1.38 bits per heavy atom. The Morgan fingerprint density at radius 2 is 2.14 bits per heavy atom. The summed E-state index contributed by atoms with van der Waals surface area (Å²) in [6, 6.07) is 5.34. The molecule has 0 unspecified atom stereocenters. The average Bonchev–Trinajstić information content (AvgIpc) is 2.81. The van der Waals surface area contributed by atoms with E-state index < -0.39 is 0 Å². The van der Waals surface area contributed by atoms with E-state index in [1.54, 1.807) is 18.2 Å². The molecular weight excluding hydrogens is 356 g/mol. The Balaban J connectivity index is 2.26. The molecule has 0 amide bonds. The lowest BCUT2D eigenvalue weighted by molar-refractivity contribution is 0.254. The topological polar surface area (TPSA) is 47.3 Å². The number of benzene rings is 1. The lowest BCUT2D eigenvalue weighted by Crippen LogP contribution is -2.07. The quantitative estimate of drug-likeness (QED) is 0.834. The van der Waals surface area contributed by atoms with E-state index in [1.807, 2.05) is 11.6 Å². The number of aliphatic hydroxyl groups excluding tert-OH is 1. The Morgan fingerprint density at radius 3 is 2.76 bits per heavy atom. The molecular formula is C15H18BrClN2O2. The van der Waals surface area contributed by atoms with Crippen molar-refractivity contribution in [2.45, 2.75) is 40.0 Å². The van der Waals surface area contributed by atoms with E-state index in [-0.39, 0.29) is 6.61 Å². The molecule has 6 heteroatoms. The van der Waals surface area contributed by atoms with Crippen LogP contribution in [0, 0.1) is 0 Å². The molecule has 0 bridgehead atoms. The van der Waals surface area contributed by atoms with E-state index in [1.165, 1.54) is 0 Å². The standard InChI is InChI=1S/C15H18BrClN2O2/c1-3-12-14(16)13(19(4-2)18-12)9-21-15-10(8-20)6-5-7-11(15)17/h5-7,20H,3-4,8-9H2,1-2H3. The summed E-state index contributed by atoms with van der Waals surface area (Å²) >= 11 is 9.74. The number of ether oxygens (including phenoxy) is 1. The monoisotopic (exact) mass is 372 g/mol. The second-order valence-corrected chi connectivity index (χ2v) is 5.75. The minimum absolute atomic E-state index is 0.107. The molecule has 0 aliphatic rings. The molecule has 21 heavy (non-hydrogen) atoms. The van der Waals surface area contributed by atoms with Crippen LogP contribution in [0.2, 0.25) is 5.02 Å². The molecule has 1 aromatic carbocycles. The molecule has 0 aliphatic carbocycles. The summed E-state index contributed by atoms with van der Waals surface area (Å²) in [4.78, 5) is 0. The zero-order chi connectivity index (χ0) is 15.4. The molecule has 0 radical (unpaired) electrons. The zero-order valence-electron chi connectivity index (χ0n) is 12.1. The number of para-hydroxylation sites is 1. The largest absolute Gasteiger partial charge is 0.485 e. The van der Waals surface area contributed by atoms with Crippen molar-refractivity contribution in [3.63, 3.8) is 0 Å². The van der Waals surface area contributed by atoms with Crippen molar-refractivity contribution >= 4 is 27.5 Å². The van der Waals surface area contributed by atoms with Crippen molar-refractivity contribution in [1.82, 2.24) is 9.78 Å². The molecule has 114 valence electrons. The van der Waals surface area contributed by atoms with E-state index >= 15 is 0 Å². The molecule has 4 nitrogen and oxygen atoms in total. The molecule has 0 spiro atoms. The fourth-order valence-corrected chi connectivity index (χ4v) is 3.06. The van der Waals surface area contributed by atoms with Gasteiger partial charge >= 0.3 is 0 Å². The van der Waals surface area contributed by atoms with Gasteiger partial charge in [0.15, 0.2) is 0 Å². The predicted molar refractivity (Wildman–Crippen MR) is 86.7 cm³/mol. The third-order valence-electron chi connectivity index (χ3n) is 3.27. The van der Waals surface area contributed by atoms with Crippen molar-refractivity contribution in [2.24, 2.45) is 0 Å². The van der Waals surface area contributed by atoms with Gasteiger partial charge in [-0.1, -0.05) is 30.7 Å². The smallest absolute Gasteiger partial charge is 0.143 e. The van der Waals surface area contributed by atoms with Crippen LogP contribution in [0.4, 0.5) is 0 Å². The van der Waals surface area contributed by atoms with Crippen LogP contribution in [0.1, 0.15) is 30.8 Å². The number of hydrogen-bond acceptors (Lipinski definition) is 3. The van der Waals surface area contributed by atoms with Gasteiger partial charge < -0.3 is 9.84 Å². The molecule has 1 aromatic heterocycles. The van der Waals surface area contributed by atoms with Crippen LogP contribution in [-0.2, 0) is 26.2 Å². The summed E-state index contributed by atoms with van der Waals surface area (Å²) in [7, 11) is 0. The van der Waals surface area contributed by atoms with Gasteiger partial charge in [0, 0.05) is 12.1 Å². The number of aliphatic hydroxyl groups is 1. The van der Waals surface area contributed by atoms with Gasteiger partial charge in [0.25, 0.3) is 0 Å². The van der Waals surface area contributed by atoms with Crippen LogP contribution in [0.3, 0.4) is 0 Å². The number of rotatable bonds is 6. The number of hydrogen-bond donors (Lipinski definition) is 1. The maximum absolute atomic E-state index is 9.37. The molecule has 0 fully saturated rings. The summed E-state index contributed by atoms with van der Waals surface area (Å²) in [5.74, 6) is 0.524. The zero-order valence-corrected chi connectivity index (χ0v) is 14.4. The first-order chi connectivity index (χ1) is 10.1. The SMILES string of the molecule is CCc1nn(CC)c(COc2c(Cl)cccc2CO)c1Br. The van der Waals surface area contributed by atoms with Gasteiger partial charge in [-0.05, 0) is 35.3 Å². The molecule has 1 N–H and O–H groups in total. The van der Waals surface area contributed by atoms with E-state index in [4.69, 9.17) is 16.3 Å². The number of halogens is 2. The second-order valence-electron chi connectivity index (χ2n) is 4.55. The van der Waals surface area contributed by atoms with Gasteiger partial charge in [-0.25, -0.2) is 0 Å². The highest BCUT2D eigenvalue weighted by molar-refractivity contribution is 9.10. The minimum atomic E-state index is -0.107. The molecule has 2 aromatic rings. The fraction of sp³-hybridized carbons (Fsp3) is 0.400. The van der Waals surface area contributed by atoms with E-state index in [2.05, 4.69) is 28.0 Å². The Bertz CT molecular complexity index is 628. The average molecular weight is 374 g/mol. The van der Waals surface area contributed by atoms with Crippen molar-refractivity contribution in [3.8, 4) is 5.75 Å². The number of aryl methyl sites for hydroxylation is 2. The van der Waals surface area contributed by atoms with Gasteiger partial charge in [0.05, 0.1) is 27.5 Å². The van der Waals surface area contributed by atoms with Crippen molar-refractivity contribution in [2.75, 3.05) is 0 Å². The number of nitrogens with zero attached hydrogens (tertiary/aromatic N) is 2. The van der Waals surface area contributed by atoms with Gasteiger partial charge in [-0.15, -0.1) is 0 Å². The number of aromatic nitrogens is 2. The first kappa shape index (κ1) is 16.3. The summed E-state index contributed by atoms with van der Waals surface area (Å²) in [6.07, 6.45) is 0.856. The minimum Gasteiger partial charge on any atom is -0.485 e. The van der Waals surface area contributed by atoms with Crippen LogP contribution < -0.4 is 4.74 Å². The summed E-state index contributed by atoms with van der Waals surface area (Å²) in [5, 5.41) is 14.4. The van der Waals surface area contributed by atoms with Gasteiger partial charge in [-0.3, -0.25) is 4.68 Å². The van der Waals surface area contributed by atoms with Crippen molar-refractivity contribution in [3.05, 3.63) is 44.6 Å².